The third-order valence-electron chi connectivity index (χ3n) is 5.55. The van der Waals surface area contributed by atoms with Crippen molar-refractivity contribution < 1.29 is 9.18 Å². The fourth-order valence-corrected chi connectivity index (χ4v) is 4.20. The molecule has 26 heavy (non-hydrogen) atoms. The fourth-order valence-electron chi connectivity index (χ4n) is 4.20. The summed E-state index contributed by atoms with van der Waals surface area (Å²) in [5.41, 5.74) is 2.36. The number of carbonyl (C=O) groups excluding carboxylic acids is 1. The molecule has 1 saturated heterocycles. The number of nitrogens with zero attached hydrogens (tertiary/aromatic N) is 4. The summed E-state index contributed by atoms with van der Waals surface area (Å²) in [7, 11) is 3.87. The fraction of sp³-hybridized carbons (Fsp3) is 0.400. The van der Waals surface area contributed by atoms with Gasteiger partial charge in [0.25, 0.3) is 5.91 Å². The predicted molar refractivity (Wildman–Crippen MR) is 98.7 cm³/mol. The molecule has 1 fully saturated rings. The maximum Gasteiger partial charge on any atom is 0.270 e. The number of aromatic nitrogens is 3. The lowest BCUT2D eigenvalue weighted by Crippen LogP contribution is -2.40. The first-order valence-electron chi connectivity index (χ1n) is 8.98. The third kappa shape index (κ3) is 2.60. The molecule has 1 atom stereocenters. The van der Waals surface area contributed by atoms with E-state index in [1.54, 1.807) is 12.3 Å². The summed E-state index contributed by atoms with van der Waals surface area (Å²) >= 11 is 0. The number of piperidine rings is 1. The number of likely N-dealkylation sites (tertiary alicyclic amines) is 1. The number of carbonyl (C=O) groups is 1. The highest BCUT2D eigenvalue weighted by Gasteiger charge is 2.30. The van der Waals surface area contributed by atoms with Crippen molar-refractivity contribution in [3.8, 4) is 0 Å². The average Bonchev–Trinajstić information content (AvgIpc) is 3.16. The van der Waals surface area contributed by atoms with Crippen LogP contribution in [0.2, 0.25) is 0 Å². The van der Waals surface area contributed by atoms with Crippen LogP contribution in [0.5, 0.6) is 0 Å². The van der Waals surface area contributed by atoms with Crippen LogP contribution in [0, 0.1) is 12.7 Å². The molecule has 6 heteroatoms. The van der Waals surface area contributed by atoms with Crippen LogP contribution in [0.1, 0.15) is 40.6 Å². The summed E-state index contributed by atoms with van der Waals surface area (Å²) in [6.07, 6.45) is 5.74. The molecule has 0 N–H and O–H groups in total. The van der Waals surface area contributed by atoms with Crippen LogP contribution in [-0.4, -0.2) is 38.0 Å². The summed E-state index contributed by atoms with van der Waals surface area (Å²) < 4.78 is 17.6. The van der Waals surface area contributed by atoms with Crippen molar-refractivity contribution in [2.75, 3.05) is 13.1 Å². The second-order valence-corrected chi connectivity index (χ2v) is 7.18. The number of imidazole rings is 1. The van der Waals surface area contributed by atoms with Gasteiger partial charge in [-0.2, -0.15) is 0 Å². The highest BCUT2D eigenvalue weighted by Crippen LogP contribution is 2.30. The average molecular weight is 354 g/mol. The number of fused-ring (bicyclic) bond motifs is 1. The molecule has 0 aliphatic carbocycles. The Morgan fingerprint density at radius 2 is 2.12 bits per heavy atom. The lowest BCUT2D eigenvalue weighted by molar-refractivity contribution is 0.0693. The standard InChI is InChI=1S/C20H23FN4O/c1-13-16-11-15(21)6-7-17(16)24(3)18(13)20(26)25-9-4-5-14(12-25)19-22-8-10-23(19)2/h6-8,10-11,14H,4-5,9,12H2,1-3H3/t14-/m0/s1. The SMILES string of the molecule is Cc1c(C(=O)N2CCC[C@H](c3nccn3C)C2)n(C)c2ccc(F)cc12. The largest absolute Gasteiger partial charge is 0.339 e. The van der Waals surface area contributed by atoms with E-state index in [-0.39, 0.29) is 17.6 Å². The molecular formula is C20H23FN4O. The molecule has 1 amide bonds. The Morgan fingerprint density at radius 3 is 2.85 bits per heavy atom. The number of aryl methyl sites for hydroxylation is 3. The molecule has 1 aliphatic heterocycles. The highest BCUT2D eigenvalue weighted by atomic mass is 19.1. The van der Waals surface area contributed by atoms with Crippen molar-refractivity contribution in [1.82, 2.24) is 19.0 Å². The van der Waals surface area contributed by atoms with Crippen molar-refractivity contribution in [2.45, 2.75) is 25.7 Å². The van der Waals surface area contributed by atoms with Gasteiger partial charge in [0, 0.05) is 56.4 Å². The van der Waals surface area contributed by atoms with E-state index in [0.29, 0.717) is 12.2 Å². The summed E-state index contributed by atoms with van der Waals surface area (Å²) in [5, 5.41) is 0.800. The van der Waals surface area contributed by atoms with Crippen molar-refractivity contribution in [3.63, 3.8) is 0 Å². The molecule has 1 aromatic carbocycles. The second kappa shape index (κ2) is 6.27. The molecule has 3 heterocycles. The maximum absolute atomic E-state index is 13.6. The van der Waals surface area contributed by atoms with Gasteiger partial charge in [0.1, 0.15) is 17.3 Å². The van der Waals surface area contributed by atoms with Gasteiger partial charge in [-0.05, 0) is 43.5 Å². The molecule has 1 aliphatic rings. The first-order chi connectivity index (χ1) is 12.5. The van der Waals surface area contributed by atoms with Gasteiger partial charge in [-0.1, -0.05) is 0 Å². The summed E-state index contributed by atoms with van der Waals surface area (Å²) in [6, 6.07) is 4.68. The second-order valence-electron chi connectivity index (χ2n) is 7.18. The minimum absolute atomic E-state index is 0.0144. The molecule has 0 unspecified atom stereocenters. The van der Waals surface area contributed by atoms with Crippen molar-refractivity contribution in [2.24, 2.45) is 14.1 Å². The van der Waals surface area contributed by atoms with Gasteiger partial charge in [-0.25, -0.2) is 9.37 Å². The Hall–Kier alpha value is -2.63. The predicted octanol–water partition coefficient (Wildman–Crippen LogP) is 3.38. The monoisotopic (exact) mass is 354 g/mol. The van der Waals surface area contributed by atoms with Crippen LogP contribution in [0.25, 0.3) is 10.9 Å². The van der Waals surface area contributed by atoms with E-state index in [0.717, 1.165) is 41.7 Å². The maximum atomic E-state index is 13.6. The molecule has 0 radical (unpaired) electrons. The Morgan fingerprint density at radius 1 is 1.31 bits per heavy atom. The zero-order chi connectivity index (χ0) is 18.4. The zero-order valence-electron chi connectivity index (χ0n) is 15.4. The first kappa shape index (κ1) is 16.8. The van der Waals surface area contributed by atoms with Crippen LogP contribution < -0.4 is 0 Å². The van der Waals surface area contributed by atoms with E-state index >= 15 is 0 Å². The smallest absolute Gasteiger partial charge is 0.270 e. The lowest BCUT2D eigenvalue weighted by Gasteiger charge is -2.32. The molecule has 0 spiro atoms. The molecule has 5 nitrogen and oxygen atoms in total. The number of amides is 1. The summed E-state index contributed by atoms with van der Waals surface area (Å²) in [5.74, 6) is 1.01. The van der Waals surface area contributed by atoms with E-state index in [9.17, 15) is 9.18 Å². The van der Waals surface area contributed by atoms with Gasteiger partial charge < -0.3 is 14.0 Å². The number of benzene rings is 1. The number of halogens is 1. The molecule has 2 aromatic heterocycles. The summed E-state index contributed by atoms with van der Waals surface area (Å²) in [4.78, 5) is 19.7. The Labute approximate surface area is 152 Å². The van der Waals surface area contributed by atoms with Crippen molar-refractivity contribution >= 4 is 16.8 Å². The van der Waals surface area contributed by atoms with Crippen LogP contribution >= 0.6 is 0 Å². The van der Waals surface area contributed by atoms with Crippen molar-refractivity contribution in [1.29, 1.82) is 0 Å². The van der Waals surface area contributed by atoms with Crippen molar-refractivity contribution in [3.05, 3.63) is 53.5 Å². The minimum atomic E-state index is -0.280. The quantitative estimate of drug-likeness (QED) is 0.708. The van der Waals surface area contributed by atoms with E-state index in [4.69, 9.17) is 0 Å². The Balaban J connectivity index is 1.67. The Kier molecular flexibility index (Phi) is 4.05. The Bertz CT molecular complexity index is 987. The molecule has 0 saturated carbocycles. The van der Waals surface area contributed by atoms with Crippen LogP contribution in [0.4, 0.5) is 4.39 Å². The number of hydrogen-bond donors (Lipinski definition) is 0. The van der Waals surface area contributed by atoms with Gasteiger partial charge >= 0.3 is 0 Å². The first-order valence-corrected chi connectivity index (χ1v) is 8.98. The minimum Gasteiger partial charge on any atom is -0.339 e. The number of rotatable bonds is 2. The lowest BCUT2D eigenvalue weighted by atomic mass is 9.96. The van der Waals surface area contributed by atoms with E-state index in [1.165, 1.54) is 12.1 Å². The third-order valence-corrected chi connectivity index (χ3v) is 5.55. The van der Waals surface area contributed by atoms with Crippen LogP contribution in [0.15, 0.2) is 30.6 Å². The van der Waals surface area contributed by atoms with E-state index < -0.39 is 0 Å². The molecule has 3 aromatic rings. The summed E-state index contributed by atoms with van der Waals surface area (Å²) in [6.45, 7) is 3.31. The molecule has 136 valence electrons. The van der Waals surface area contributed by atoms with Gasteiger partial charge in [0.2, 0.25) is 0 Å². The zero-order valence-corrected chi connectivity index (χ0v) is 15.4. The van der Waals surface area contributed by atoms with Gasteiger partial charge in [0.15, 0.2) is 0 Å². The molecule has 4 rings (SSSR count). The normalized spacial score (nSPS) is 17.8. The van der Waals surface area contributed by atoms with E-state index in [2.05, 4.69) is 4.98 Å². The van der Waals surface area contributed by atoms with Crippen LogP contribution in [-0.2, 0) is 14.1 Å². The van der Waals surface area contributed by atoms with Gasteiger partial charge in [-0.15, -0.1) is 0 Å². The van der Waals surface area contributed by atoms with Gasteiger partial charge in [0.05, 0.1) is 0 Å². The molecular weight excluding hydrogens is 331 g/mol. The highest BCUT2D eigenvalue weighted by molar-refractivity contribution is 6.01. The van der Waals surface area contributed by atoms with Gasteiger partial charge in [-0.3, -0.25) is 4.79 Å². The number of hydrogen-bond acceptors (Lipinski definition) is 2. The van der Waals surface area contributed by atoms with E-state index in [1.807, 2.05) is 41.3 Å². The molecule has 0 bridgehead atoms. The topological polar surface area (TPSA) is 43.1 Å². The van der Waals surface area contributed by atoms with Crippen LogP contribution in [0.3, 0.4) is 0 Å².